The zero-order valence-corrected chi connectivity index (χ0v) is 10.9. The number of hydrogen-bond acceptors (Lipinski definition) is 4. The number of benzene rings is 1. The lowest BCUT2D eigenvalue weighted by Crippen LogP contribution is -2.28. The molecule has 0 saturated carbocycles. The highest BCUT2D eigenvalue weighted by molar-refractivity contribution is 5.79. The van der Waals surface area contributed by atoms with Crippen LogP contribution in [-0.2, 0) is 0 Å². The first-order chi connectivity index (χ1) is 9.28. The van der Waals surface area contributed by atoms with Gasteiger partial charge in [-0.25, -0.2) is 4.98 Å². The first-order valence-corrected chi connectivity index (χ1v) is 6.56. The monoisotopic (exact) mass is 259 g/mol. The van der Waals surface area contributed by atoms with Crippen LogP contribution in [0.1, 0.15) is 24.6 Å². The number of piperidine rings is 1. The largest absolute Gasteiger partial charge is 0.497 e. The van der Waals surface area contributed by atoms with Crippen molar-refractivity contribution in [2.24, 2.45) is 0 Å². The second-order valence-corrected chi connectivity index (χ2v) is 4.86. The first kappa shape index (κ1) is 12.2. The van der Waals surface area contributed by atoms with E-state index in [-0.39, 0.29) is 5.56 Å². The molecule has 0 unspecified atom stereocenters. The Labute approximate surface area is 111 Å². The molecular weight excluding hydrogens is 242 g/mol. The smallest absolute Gasteiger partial charge is 0.258 e. The van der Waals surface area contributed by atoms with Gasteiger partial charge in [0, 0.05) is 5.92 Å². The molecule has 1 aliphatic rings. The standard InChI is InChI=1S/C14H17N3O2/c1-19-10-2-3-12-11(8-10)14(18)17-13(16-12)9-4-6-15-7-5-9/h2-3,8-9,15H,4-7H2,1H3,(H,16,17,18). The number of H-pyrrole nitrogens is 1. The van der Waals surface area contributed by atoms with Crippen LogP contribution in [0.25, 0.3) is 10.9 Å². The zero-order valence-electron chi connectivity index (χ0n) is 10.9. The Morgan fingerprint density at radius 3 is 2.84 bits per heavy atom. The van der Waals surface area contributed by atoms with Gasteiger partial charge in [0.2, 0.25) is 0 Å². The molecule has 1 aromatic heterocycles. The van der Waals surface area contributed by atoms with Crippen LogP contribution < -0.4 is 15.6 Å². The van der Waals surface area contributed by atoms with Crippen LogP contribution in [0.2, 0.25) is 0 Å². The van der Waals surface area contributed by atoms with Crippen LogP contribution in [0.3, 0.4) is 0 Å². The third kappa shape index (κ3) is 2.33. The molecule has 100 valence electrons. The number of ether oxygens (including phenoxy) is 1. The molecule has 2 aromatic rings. The molecule has 1 aromatic carbocycles. The predicted molar refractivity (Wildman–Crippen MR) is 73.8 cm³/mol. The summed E-state index contributed by atoms with van der Waals surface area (Å²) in [5, 5.41) is 3.90. The molecular formula is C14H17N3O2. The summed E-state index contributed by atoms with van der Waals surface area (Å²) in [4.78, 5) is 19.7. The van der Waals surface area contributed by atoms with E-state index in [1.165, 1.54) is 0 Å². The van der Waals surface area contributed by atoms with E-state index in [9.17, 15) is 4.79 Å². The Morgan fingerprint density at radius 2 is 2.11 bits per heavy atom. The molecule has 2 N–H and O–H groups in total. The van der Waals surface area contributed by atoms with Gasteiger partial charge in [0.15, 0.2) is 0 Å². The minimum Gasteiger partial charge on any atom is -0.497 e. The zero-order chi connectivity index (χ0) is 13.2. The van der Waals surface area contributed by atoms with E-state index in [1.807, 2.05) is 12.1 Å². The molecule has 0 spiro atoms. The summed E-state index contributed by atoms with van der Waals surface area (Å²) in [6.07, 6.45) is 2.04. The number of hydrogen-bond donors (Lipinski definition) is 2. The highest BCUT2D eigenvalue weighted by atomic mass is 16.5. The number of nitrogens with zero attached hydrogens (tertiary/aromatic N) is 1. The van der Waals surface area contributed by atoms with E-state index in [1.54, 1.807) is 13.2 Å². The second-order valence-electron chi connectivity index (χ2n) is 4.86. The summed E-state index contributed by atoms with van der Waals surface area (Å²) in [7, 11) is 1.59. The van der Waals surface area contributed by atoms with E-state index in [0.717, 1.165) is 37.3 Å². The Bertz CT molecular complexity index is 645. The molecule has 0 radical (unpaired) electrons. The first-order valence-electron chi connectivity index (χ1n) is 6.56. The van der Waals surface area contributed by atoms with E-state index in [0.29, 0.717) is 17.1 Å². The molecule has 5 heteroatoms. The molecule has 0 atom stereocenters. The summed E-state index contributed by atoms with van der Waals surface area (Å²) >= 11 is 0. The maximum Gasteiger partial charge on any atom is 0.258 e. The molecule has 19 heavy (non-hydrogen) atoms. The normalized spacial score (nSPS) is 16.7. The molecule has 3 rings (SSSR count). The van der Waals surface area contributed by atoms with Gasteiger partial charge in [-0.05, 0) is 44.1 Å². The van der Waals surface area contributed by atoms with Gasteiger partial charge in [-0.3, -0.25) is 4.79 Å². The molecule has 0 amide bonds. The number of nitrogens with one attached hydrogen (secondary N) is 2. The highest BCUT2D eigenvalue weighted by Gasteiger charge is 2.18. The van der Waals surface area contributed by atoms with Crippen LogP contribution in [-0.4, -0.2) is 30.2 Å². The van der Waals surface area contributed by atoms with Gasteiger partial charge in [0.05, 0.1) is 18.0 Å². The number of fused-ring (bicyclic) bond motifs is 1. The van der Waals surface area contributed by atoms with Crippen molar-refractivity contribution in [3.63, 3.8) is 0 Å². The van der Waals surface area contributed by atoms with E-state index in [4.69, 9.17) is 4.74 Å². The van der Waals surface area contributed by atoms with Gasteiger partial charge in [0.1, 0.15) is 11.6 Å². The number of methoxy groups -OCH3 is 1. The predicted octanol–water partition coefficient (Wildman–Crippen LogP) is 1.40. The molecule has 0 aliphatic carbocycles. The fourth-order valence-electron chi connectivity index (χ4n) is 2.55. The van der Waals surface area contributed by atoms with Crippen LogP contribution in [0.5, 0.6) is 5.75 Å². The van der Waals surface area contributed by atoms with Crippen molar-refractivity contribution >= 4 is 10.9 Å². The SMILES string of the molecule is COc1ccc2nc(C3CCNCC3)[nH]c(=O)c2c1. The van der Waals surface area contributed by atoms with E-state index >= 15 is 0 Å². The van der Waals surface area contributed by atoms with Crippen molar-refractivity contribution in [3.05, 3.63) is 34.4 Å². The molecule has 1 saturated heterocycles. The number of rotatable bonds is 2. The van der Waals surface area contributed by atoms with Crippen molar-refractivity contribution < 1.29 is 4.74 Å². The van der Waals surface area contributed by atoms with Crippen LogP contribution in [0.15, 0.2) is 23.0 Å². The average Bonchev–Trinajstić information content (AvgIpc) is 2.48. The number of aromatic nitrogens is 2. The van der Waals surface area contributed by atoms with Gasteiger partial charge in [-0.2, -0.15) is 0 Å². The van der Waals surface area contributed by atoms with Crippen LogP contribution in [0.4, 0.5) is 0 Å². The van der Waals surface area contributed by atoms with Crippen molar-refractivity contribution in [1.29, 1.82) is 0 Å². The van der Waals surface area contributed by atoms with E-state index < -0.39 is 0 Å². The topological polar surface area (TPSA) is 67.0 Å². The minimum absolute atomic E-state index is 0.0857. The second kappa shape index (κ2) is 5.01. The summed E-state index contributed by atoms with van der Waals surface area (Å²) in [5.41, 5.74) is 0.649. The quantitative estimate of drug-likeness (QED) is 0.855. The van der Waals surface area contributed by atoms with Crippen molar-refractivity contribution in [1.82, 2.24) is 15.3 Å². The van der Waals surface area contributed by atoms with E-state index in [2.05, 4.69) is 15.3 Å². The molecule has 2 heterocycles. The molecule has 1 aliphatic heterocycles. The maximum absolute atomic E-state index is 12.1. The van der Waals surface area contributed by atoms with Crippen molar-refractivity contribution in [3.8, 4) is 5.75 Å². The number of aromatic amines is 1. The third-order valence-electron chi connectivity index (χ3n) is 3.66. The minimum atomic E-state index is -0.0857. The highest BCUT2D eigenvalue weighted by Crippen LogP contribution is 2.23. The van der Waals surface area contributed by atoms with Gasteiger partial charge in [-0.15, -0.1) is 0 Å². The van der Waals surface area contributed by atoms with Crippen LogP contribution >= 0.6 is 0 Å². The third-order valence-corrected chi connectivity index (χ3v) is 3.66. The summed E-state index contributed by atoms with van der Waals surface area (Å²) in [6, 6.07) is 5.41. The summed E-state index contributed by atoms with van der Waals surface area (Å²) in [5.74, 6) is 1.83. The lowest BCUT2D eigenvalue weighted by molar-refractivity contribution is 0.415. The molecule has 1 fully saturated rings. The molecule has 0 bridgehead atoms. The van der Waals surface area contributed by atoms with Gasteiger partial charge in [0.25, 0.3) is 5.56 Å². The Morgan fingerprint density at radius 1 is 1.32 bits per heavy atom. The fourth-order valence-corrected chi connectivity index (χ4v) is 2.55. The summed E-state index contributed by atoms with van der Waals surface area (Å²) in [6.45, 7) is 1.96. The Balaban J connectivity index is 2.06. The molecule has 5 nitrogen and oxygen atoms in total. The maximum atomic E-state index is 12.1. The van der Waals surface area contributed by atoms with Crippen molar-refractivity contribution in [2.75, 3.05) is 20.2 Å². The lowest BCUT2D eigenvalue weighted by atomic mass is 9.97. The fraction of sp³-hybridized carbons (Fsp3) is 0.429. The van der Waals surface area contributed by atoms with Crippen molar-refractivity contribution in [2.45, 2.75) is 18.8 Å². The van der Waals surface area contributed by atoms with Gasteiger partial charge in [-0.1, -0.05) is 0 Å². The Kier molecular flexibility index (Phi) is 3.21. The lowest BCUT2D eigenvalue weighted by Gasteiger charge is -2.21. The average molecular weight is 259 g/mol. The Hall–Kier alpha value is -1.88. The van der Waals surface area contributed by atoms with Gasteiger partial charge < -0.3 is 15.0 Å². The van der Waals surface area contributed by atoms with Crippen LogP contribution in [0, 0.1) is 0 Å². The summed E-state index contributed by atoms with van der Waals surface area (Å²) < 4.78 is 5.14. The van der Waals surface area contributed by atoms with Gasteiger partial charge >= 0.3 is 0 Å².